The molecule has 0 aliphatic carbocycles. The van der Waals surface area contributed by atoms with Gasteiger partial charge in [0, 0.05) is 0 Å². The largest absolute Gasteiger partial charge is 0.496 e. The van der Waals surface area contributed by atoms with Crippen LogP contribution in [0.25, 0.3) is 0 Å². The average Bonchev–Trinajstić information content (AvgIpc) is 2.59. The van der Waals surface area contributed by atoms with Crippen molar-refractivity contribution < 1.29 is 23.5 Å². The Morgan fingerprint density at radius 3 is 1.17 bits per heavy atom. The molecule has 0 atom stereocenters. The van der Waals surface area contributed by atoms with E-state index in [1.54, 1.807) is 36.4 Å². The maximum atomic E-state index is 13.6. The van der Waals surface area contributed by atoms with E-state index >= 15 is 0 Å². The van der Waals surface area contributed by atoms with E-state index in [1.807, 2.05) is 0 Å². The van der Waals surface area contributed by atoms with Crippen LogP contribution in [0.1, 0.15) is 0 Å². The molecule has 0 aromatic heterocycles. The summed E-state index contributed by atoms with van der Waals surface area (Å²) in [4.78, 5) is 0. The Morgan fingerprint density at radius 2 is 0.957 bits per heavy atom. The minimum atomic E-state index is -3.64. The number of rotatable bonds is 6. The molecule has 124 valence electrons. The molecular weight excluding hydrogens is 339 g/mol. The van der Waals surface area contributed by atoms with Gasteiger partial charge in [-0.2, -0.15) is 0 Å². The summed E-state index contributed by atoms with van der Waals surface area (Å²) >= 11 is 6.56. The van der Waals surface area contributed by atoms with Gasteiger partial charge in [-0.05, 0) is 35.5 Å². The van der Waals surface area contributed by atoms with Crippen LogP contribution in [-0.2, 0) is 4.57 Å². The minimum Gasteiger partial charge on any atom is -0.496 e. The van der Waals surface area contributed by atoms with Gasteiger partial charge in [0.15, 0.2) is 0 Å². The first-order chi connectivity index (χ1) is 11.0. The van der Waals surface area contributed by atoms with Gasteiger partial charge in [0.05, 0.1) is 28.4 Å². The van der Waals surface area contributed by atoms with Gasteiger partial charge in [-0.15, -0.1) is 0 Å². The van der Waals surface area contributed by atoms with E-state index in [0.29, 0.717) is 23.0 Å². The van der Waals surface area contributed by atoms with E-state index < -0.39 is 6.49 Å². The number of ether oxygens (including phenoxy) is 4. The highest BCUT2D eigenvalue weighted by Crippen LogP contribution is 2.57. The van der Waals surface area contributed by atoms with Crippen molar-refractivity contribution >= 4 is 28.3 Å². The van der Waals surface area contributed by atoms with Gasteiger partial charge in [-0.25, -0.2) is 0 Å². The summed E-state index contributed by atoms with van der Waals surface area (Å²) in [5.74, 6) is 1.48. The standard InChI is InChI=1S/C16H18ClO5P/c1-19-11-7-5-8-12(20-2)15(11)23(17,18)16-13(21-3)9-6-10-14(16)22-4/h5-10H,1-4H3. The Kier molecular flexibility index (Phi) is 5.45. The average molecular weight is 357 g/mol. The maximum absolute atomic E-state index is 13.6. The molecule has 7 heteroatoms. The van der Waals surface area contributed by atoms with Gasteiger partial charge in [0.1, 0.15) is 33.6 Å². The highest BCUT2D eigenvalue weighted by molar-refractivity contribution is 8.01. The predicted octanol–water partition coefficient (Wildman–Crippen LogP) is 3.19. The van der Waals surface area contributed by atoms with Crippen molar-refractivity contribution in [1.82, 2.24) is 0 Å². The molecule has 0 saturated carbocycles. The molecule has 0 N–H and O–H groups in total. The fourth-order valence-electron chi connectivity index (χ4n) is 2.34. The SMILES string of the molecule is COc1cccc(OC)c1P(=O)(Cl)c1c(OC)cccc1OC. The maximum Gasteiger partial charge on any atom is 0.240 e. The third-order valence-corrected chi connectivity index (χ3v) is 6.42. The van der Waals surface area contributed by atoms with Gasteiger partial charge in [0.25, 0.3) is 0 Å². The second-order valence-corrected chi connectivity index (χ2v) is 7.94. The van der Waals surface area contributed by atoms with E-state index in [9.17, 15) is 4.57 Å². The molecule has 0 heterocycles. The molecule has 2 rings (SSSR count). The van der Waals surface area contributed by atoms with Crippen LogP contribution in [0.15, 0.2) is 36.4 Å². The molecule has 5 nitrogen and oxygen atoms in total. The van der Waals surface area contributed by atoms with Crippen LogP contribution < -0.4 is 29.6 Å². The van der Waals surface area contributed by atoms with Crippen molar-refractivity contribution in [2.45, 2.75) is 0 Å². The van der Waals surface area contributed by atoms with E-state index in [1.165, 1.54) is 28.4 Å². The molecule has 0 spiro atoms. The summed E-state index contributed by atoms with van der Waals surface area (Å²) in [5.41, 5.74) is 0. The normalized spacial score (nSPS) is 11.0. The topological polar surface area (TPSA) is 54.0 Å². The summed E-state index contributed by atoms with van der Waals surface area (Å²) in [6.07, 6.45) is 0. The zero-order chi connectivity index (χ0) is 17.0. The number of hydrogen-bond donors (Lipinski definition) is 0. The second-order valence-electron chi connectivity index (χ2n) is 4.55. The zero-order valence-corrected chi connectivity index (χ0v) is 15.0. The summed E-state index contributed by atoms with van der Waals surface area (Å²) in [6, 6.07) is 10.2. The van der Waals surface area contributed by atoms with Crippen LogP contribution >= 0.6 is 17.7 Å². The van der Waals surface area contributed by atoms with Crippen molar-refractivity contribution in [3.63, 3.8) is 0 Å². The van der Waals surface area contributed by atoms with Crippen molar-refractivity contribution in [2.24, 2.45) is 0 Å². The zero-order valence-electron chi connectivity index (χ0n) is 13.3. The fourth-order valence-corrected chi connectivity index (χ4v) is 5.36. The Labute approximate surface area is 140 Å². The van der Waals surface area contributed by atoms with Crippen molar-refractivity contribution in [2.75, 3.05) is 28.4 Å². The number of halogens is 1. The summed E-state index contributed by atoms with van der Waals surface area (Å²) < 4.78 is 34.9. The van der Waals surface area contributed by atoms with E-state index in [2.05, 4.69) is 0 Å². The fraction of sp³-hybridized carbons (Fsp3) is 0.250. The highest BCUT2D eigenvalue weighted by Gasteiger charge is 2.37. The Balaban J connectivity index is 2.81. The summed E-state index contributed by atoms with van der Waals surface area (Å²) in [6.45, 7) is -3.64. The molecule has 0 unspecified atom stereocenters. The minimum absolute atomic E-state index is 0.273. The van der Waals surface area contributed by atoms with E-state index in [-0.39, 0.29) is 10.6 Å². The lowest BCUT2D eigenvalue weighted by atomic mass is 10.3. The number of benzene rings is 2. The molecule has 0 fully saturated rings. The second kappa shape index (κ2) is 7.16. The van der Waals surface area contributed by atoms with Crippen LogP contribution in [0.2, 0.25) is 0 Å². The summed E-state index contributed by atoms with van der Waals surface area (Å²) in [5, 5.41) is 0.545. The molecule has 0 aliphatic heterocycles. The Bertz CT molecular complexity index is 643. The van der Waals surface area contributed by atoms with Crippen LogP contribution in [-0.4, -0.2) is 28.4 Å². The van der Waals surface area contributed by atoms with Gasteiger partial charge in [-0.3, -0.25) is 4.57 Å². The first-order valence-electron chi connectivity index (χ1n) is 6.74. The third kappa shape index (κ3) is 3.12. The molecule has 0 radical (unpaired) electrons. The van der Waals surface area contributed by atoms with Crippen molar-refractivity contribution in [3.8, 4) is 23.0 Å². The monoisotopic (exact) mass is 356 g/mol. The van der Waals surface area contributed by atoms with Gasteiger partial charge >= 0.3 is 0 Å². The number of methoxy groups -OCH3 is 4. The first-order valence-corrected chi connectivity index (χ1v) is 9.35. The Morgan fingerprint density at radius 1 is 0.696 bits per heavy atom. The van der Waals surface area contributed by atoms with Crippen LogP contribution in [0, 0.1) is 0 Å². The predicted molar refractivity (Wildman–Crippen MR) is 91.8 cm³/mol. The Hall–Kier alpha value is -1.84. The van der Waals surface area contributed by atoms with E-state index in [0.717, 1.165) is 0 Å². The van der Waals surface area contributed by atoms with Gasteiger partial charge < -0.3 is 18.9 Å². The molecule has 0 saturated heterocycles. The first kappa shape index (κ1) is 17.5. The smallest absolute Gasteiger partial charge is 0.240 e. The van der Waals surface area contributed by atoms with Gasteiger partial charge in [-0.1, -0.05) is 12.1 Å². The lowest BCUT2D eigenvalue weighted by Crippen LogP contribution is -2.19. The lowest BCUT2D eigenvalue weighted by molar-refractivity contribution is 0.398. The molecule has 0 amide bonds. The lowest BCUT2D eigenvalue weighted by Gasteiger charge is -2.21. The molecule has 2 aromatic carbocycles. The van der Waals surface area contributed by atoms with E-state index in [4.69, 9.17) is 30.2 Å². The molecule has 23 heavy (non-hydrogen) atoms. The molecule has 2 aromatic rings. The van der Waals surface area contributed by atoms with Crippen LogP contribution in [0.3, 0.4) is 0 Å². The highest BCUT2D eigenvalue weighted by atomic mass is 35.7. The van der Waals surface area contributed by atoms with Gasteiger partial charge in [0.2, 0.25) is 6.49 Å². The number of hydrogen-bond acceptors (Lipinski definition) is 5. The van der Waals surface area contributed by atoms with Crippen molar-refractivity contribution in [1.29, 1.82) is 0 Å². The quantitative estimate of drug-likeness (QED) is 0.744. The summed E-state index contributed by atoms with van der Waals surface area (Å²) in [7, 11) is 5.92. The van der Waals surface area contributed by atoms with Crippen molar-refractivity contribution in [3.05, 3.63) is 36.4 Å². The molecular formula is C16H18ClO5P. The molecule has 0 bridgehead atoms. The van der Waals surface area contributed by atoms with Crippen LogP contribution in [0.5, 0.6) is 23.0 Å². The molecule has 0 aliphatic rings. The third-order valence-electron chi connectivity index (χ3n) is 3.38. The van der Waals surface area contributed by atoms with Crippen LogP contribution in [0.4, 0.5) is 0 Å².